The summed E-state index contributed by atoms with van der Waals surface area (Å²) in [5.41, 5.74) is 5.68. The van der Waals surface area contributed by atoms with Gasteiger partial charge in [-0.25, -0.2) is 31.6 Å². The van der Waals surface area contributed by atoms with E-state index in [1.54, 1.807) is 102 Å². The van der Waals surface area contributed by atoms with Crippen LogP contribution >= 0.6 is 0 Å². The molecule has 0 heterocycles. The molecule has 3 aromatic rings. The predicted octanol–water partition coefficient (Wildman–Crippen LogP) is 7.41. The number of hydrogen-bond donors (Lipinski definition) is 3. The SMILES string of the molecule is CC1=[C-]C2=C(CCCC2)C1C.O=C(O)c1ccccc1.O=C(O)c1ccccc1.O=C(O)c1ccccc1.[Ti]. The molecule has 3 N–H and O–H groups in total. The van der Waals surface area contributed by atoms with Crippen molar-refractivity contribution in [2.75, 3.05) is 0 Å². The van der Waals surface area contributed by atoms with Crippen molar-refractivity contribution in [2.24, 2.45) is 5.92 Å². The fraction of sp³-hybridized carbons (Fsp3) is 0.219. The van der Waals surface area contributed by atoms with Crippen molar-refractivity contribution in [3.05, 3.63) is 130 Å². The Morgan fingerprint density at radius 3 is 1.26 bits per heavy atom. The van der Waals surface area contributed by atoms with Gasteiger partial charge in [0.1, 0.15) is 0 Å². The third-order valence-electron chi connectivity index (χ3n) is 6.09. The first kappa shape index (κ1) is 33.3. The zero-order chi connectivity index (χ0) is 27.9. The van der Waals surface area contributed by atoms with Crippen molar-refractivity contribution < 1.29 is 51.4 Å². The Labute approximate surface area is 244 Å². The van der Waals surface area contributed by atoms with E-state index in [1.807, 2.05) is 0 Å². The van der Waals surface area contributed by atoms with Gasteiger partial charge in [-0.15, -0.1) is 0 Å². The van der Waals surface area contributed by atoms with Gasteiger partial charge in [0.2, 0.25) is 0 Å². The predicted molar refractivity (Wildman–Crippen MR) is 147 cm³/mol. The van der Waals surface area contributed by atoms with Crippen LogP contribution in [0.1, 0.15) is 70.6 Å². The van der Waals surface area contributed by atoms with Gasteiger partial charge in [0, 0.05) is 21.7 Å². The number of rotatable bonds is 3. The van der Waals surface area contributed by atoms with Gasteiger partial charge in [-0.3, -0.25) is 0 Å². The molecule has 3 aromatic carbocycles. The molecule has 202 valence electrons. The quantitative estimate of drug-likeness (QED) is 0.227. The molecule has 0 spiro atoms. The molecule has 7 heteroatoms. The van der Waals surface area contributed by atoms with E-state index in [-0.39, 0.29) is 21.7 Å². The maximum Gasteiger partial charge on any atom is 0.335 e. The molecule has 0 saturated heterocycles. The molecular formula is C32H33O6Ti-. The van der Waals surface area contributed by atoms with E-state index in [9.17, 15) is 14.4 Å². The van der Waals surface area contributed by atoms with Crippen molar-refractivity contribution in [1.82, 2.24) is 0 Å². The second-order valence-corrected chi connectivity index (χ2v) is 8.75. The molecule has 0 aromatic heterocycles. The third kappa shape index (κ3) is 11.7. The number of benzene rings is 3. The van der Waals surface area contributed by atoms with E-state index in [1.165, 1.54) is 31.3 Å². The summed E-state index contributed by atoms with van der Waals surface area (Å²) in [5.74, 6) is -1.92. The maximum atomic E-state index is 10.2. The molecule has 0 radical (unpaired) electrons. The molecule has 0 amide bonds. The van der Waals surface area contributed by atoms with E-state index in [4.69, 9.17) is 15.3 Å². The molecular weight excluding hydrogens is 528 g/mol. The van der Waals surface area contributed by atoms with Gasteiger partial charge >= 0.3 is 17.9 Å². The van der Waals surface area contributed by atoms with Gasteiger partial charge in [-0.2, -0.15) is 5.57 Å². The Morgan fingerprint density at radius 2 is 0.974 bits per heavy atom. The number of carboxylic acid groups (broad SMARTS) is 3. The van der Waals surface area contributed by atoms with E-state index < -0.39 is 17.9 Å². The van der Waals surface area contributed by atoms with Gasteiger partial charge < -0.3 is 15.3 Å². The summed E-state index contributed by atoms with van der Waals surface area (Å²) >= 11 is 0. The number of carboxylic acids is 3. The van der Waals surface area contributed by atoms with E-state index in [2.05, 4.69) is 19.9 Å². The molecule has 2 aliphatic rings. The Balaban J connectivity index is 0.000000259. The summed E-state index contributed by atoms with van der Waals surface area (Å²) in [5, 5.41) is 25.2. The largest absolute Gasteiger partial charge is 0.478 e. The fourth-order valence-electron chi connectivity index (χ4n) is 3.90. The van der Waals surface area contributed by atoms with Crippen LogP contribution in [0.2, 0.25) is 0 Å². The van der Waals surface area contributed by atoms with Crippen LogP contribution in [0.3, 0.4) is 0 Å². The first-order chi connectivity index (χ1) is 18.2. The molecule has 5 rings (SSSR count). The second-order valence-electron chi connectivity index (χ2n) is 8.75. The first-order valence-electron chi connectivity index (χ1n) is 12.4. The van der Waals surface area contributed by atoms with Crippen molar-refractivity contribution in [2.45, 2.75) is 39.5 Å². The van der Waals surface area contributed by atoms with Gasteiger partial charge in [0.05, 0.1) is 16.7 Å². The summed E-state index contributed by atoms with van der Waals surface area (Å²) in [6.07, 6.45) is 8.91. The number of hydrogen-bond acceptors (Lipinski definition) is 3. The van der Waals surface area contributed by atoms with Gasteiger partial charge in [-0.05, 0) is 36.4 Å². The molecule has 1 unspecified atom stereocenters. The summed E-state index contributed by atoms with van der Waals surface area (Å²) in [6, 6.07) is 24.9. The zero-order valence-corrected chi connectivity index (χ0v) is 23.7. The standard InChI is InChI=1S/C11H15.3C7H6O2.Ti/c1-8-7-10-5-3-4-6-11(10)9(8)2;3*8-7(9)6-4-2-1-3-5-6;/h9H,3-6H2,1-2H3;3*1-5H,(H,8,9);/q-1;;;;. The van der Waals surface area contributed by atoms with Crippen molar-refractivity contribution in [3.63, 3.8) is 0 Å². The second kappa shape index (κ2) is 17.7. The van der Waals surface area contributed by atoms with Crippen molar-refractivity contribution >= 4 is 17.9 Å². The van der Waals surface area contributed by atoms with Crippen LogP contribution in [0, 0.1) is 12.0 Å². The molecule has 1 atom stereocenters. The van der Waals surface area contributed by atoms with Crippen LogP contribution in [0.5, 0.6) is 0 Å². The normalized spacial score (nSPS) is 14.7. The van der Waals surface area contributed by atoms with Gasteiger partial charge in [0.15, 0.2) is 0 Å². The molecule has 0 saturated carbocycles. The summed E-state index contributed by atoms with van der Waals surface area (Å²) in [7, 11) is 0. The number of allylic oxidation sites excluding steroid dienone is 4. The van der Waals surface area contributed by atoms with Gasteiger partial charge in [0.25, 0.3) is 0 Å². The van der Waals surface area contributed by atoms with Crippen molar-refractivity contribution in [1.29, 1.82) is 0 Å². The monoisotopic (exact) mass is 561 g/mol. The van der Waals surface area contributed by atoms with E-state index in [0.717, 1.165) is 0 Å². The number of carbonyl (C=O) groups is 3. The van der Waals surface area contributed by atoms with Crippen LogP contribution < -0.4 is 0 Å². The molecule has 0 bridgehead atoms. The first-order valence-corrected chi connectivity index (χ1v) is 12.4. The minimum Gasteiger partial charge on any atom is -0.478 e. The minimum atomic E-state index is -0.879. The number of aromatic carboxylic acids is 3. The van der Waals surface area contributed by atoms with Gasteiger partial charge in [-0.1, -0.05) is 100 Å². The molecule has 0 aliphatic heterocycles. The summed E-state index contributed by atoms with van der Waals surface area (Å²) in [4.78, 5) is 30.6. The summed E-state index contributed by atoms with van der Waals surface area (Å²) < 4.78 is 0. The smallest absolute Gasteiger partial charge is 0.335 e. The Morgan fingerprint density at radius 1 is 0.641 bits per heavy atom. The maximum absolute atomic E-state index is 10.2. The summed E-state index contributed by atoms with van der Waals surface area (Å²) in [6.45, 7) is 4.53. The molecule has 0 fully saturated rings. The van der Waals surface area contributed by atoms with Crippen molar-refractivity contribution in [3.8, 4) is 0 Å². The fourth-order valence-corrected chi connectivity index (χ4v) is 3.90. The zero-order valence-electron chi connectivity index (χ0n) is 22.1. The average molecular weight is 561 g/mol. The van der Waals surface area contributed by atoms with Crippen LogP contribution in [0.25, 0.3) is 0 Å². The minimum absolute atomic E-state index is 0. The molecule has 39 heavy (non-hydrogen) atoms. The molecule has 2 aliphatic carbocycles. The topological polar surface area (TPSA) is 112 Å². The Hall–Kier alpha value is -3.74. The Kier molecular flexibility index (Phi) is 15.1. The van der Waals surface area contributed by atoms with Crippen LogP contribution in [0.4, 0.5) is 0 Å². The van der Waals surface area contributed by atoms with E-state index in [0.29, 0.717) is 22.6 Å². The van der Waals surface area contributed by atoms with Crippen LogP contribution in [-0.2, 0) is 21.7 Å². The van der Waals surface area contributed by atoms with Crippen LogP contribution in [-0.4, -0.2) is 33.2 Å². The van der Waals surface area contributed by atoms with E-state index >= 15 is 0 Å². The Bertz CT molecular complexity index is 1130. The van der Waals surface area contributed by atoms with Crippen LogP contribution in [0.15, 0.2) is 108 Å². The average Bonchev–Trinajstić information content (AvgIpc) is 3.24. The third-order valence-corrected chi connectivity index (χ3v) is 6.09. The molecule has 6 nitrogen and oxygen atoms in total.